The van der Waals surface area contributed by atoms with Crippen molar-refractivity contribution >= 4 is 5.82 Å². The molecule has 26 heavy (non-hydrogen) atoms. The Hall–Kier alpha value is -2.65. The molecular weight excluding hydrogens is 326 g/mol. The molecule has 0 atom stereocenters. The first-order valence-corrected chi connectivity index (χ1v) is 8.99. The van der Waals surface area contributed by atoms with Crippen LogP contribution < -0.4 is 10.5 Å². The number of nitrogens with two attached hydrogens (primary N) is 1. The number of ether oxygens (including phenoxy) is 1. The van der Waals surface area contributed by atoms with E-state index < -0.39 is 0 Å². The van der Waals surface area contributed by atoms with Crippen LogP contribution in [0.4, 0.5) is 5.82 Å². The number of hydrogen-bond donors (Lipinski definition) is 1. The average Bonchev–Trinajstić information content (AvgIpc) is 2.69. The summed E-state index contributed by atoms with van der Waals surface area (Å²) in [5, 5.41) is 16.8. The summed E-state index contributed by atoms with van der Waals surface area (Å²) in [6.07, 6.45) is 4.30. The van der Waals surface area contributed by atoms with E-state index in [1.165, 1.54) is 38.9 Å². The fourth-order valence-corrected chi connectivity index (χ4v) is 3.00. The second-order valence-corrected chi connectivity index (χ2v) is 6.32. The zero-order valence-corrected chi connectivity index (χ0v) is 15.8. The number of piperidine rings is 1. The number of rotatable bonds is 3. The molecule has 1 saturated heterocycles. The molecule has 1 fully saturated rings. The van der Waals surface area contributed by atoms with Gasteiger partial charge in [0, 0.05) is 6.99 Å². The number of nitrogens with zero attached hydrogens (tertiary/aromatic N) is 4. The highest BCUT2D eigenvalue weighted by atomic mass is 16.5. The van der Waals surface area contributed by atoms with Crippen LogP contribution in [-0.4, -0.2) is 41.8 Å². The van der Waals surface area contributed by atoms with Crippen LogP contribution in [-0.2, 0) is 0 Å². The quantitative estimate of drug-likeness (QED) is 0.904. The van der Waals surface area contributed by atoms with Crippen molar-refractivity contribution in [1.29, 1.82) is 5.26 Å². The summed E-state index contributed by atoms with van der Waals surface area (Å²) < 4.78 is 5.28. The molecule has 0 radical (unpaired) electrons. The molecule has 0 bridgehead atoms. The lowest BCUT2D eigenvalue weighted by molar-refractivity contribution is 0.240. The summed E-state index contributed by atoms with van der Waals surface area (Å²) in [6.45, 7) is 8.08. The van der Waals surface area contributed by atoms with Gasteiger partial charge < -0.3 is 15.4 Å². The van der Waals surface area contributed by atoms with Gasteiger partial charge in [-0.25, -0.2) is 0 Å². The van der Waals surface area contributed by atoms with E-state index in [1.807, 2.05) is 6.92 Å². The van der Waals surface area contributed by atoms with Crippen molar-refractivity contribution in [3.8, 4) is 23.1 Å². The Bertz CT molecular complexity index is 769. The number of aromatic nitrogens is 2. The Labute approximate surface area is 157 Å². The molecule has 2 heterocycles. The SMILES string of the molecule is CCN1CCCCC1.COc1cc(C#N)ccc1-c1nnc(N)cc1C.[HH]. The van der Waals surface area contributed by atoms with Gasteiger partial charge in [-0.15, -0.1) is 10.2 Å². The molecule has 2 N–H and O–H groups in total. The lowest BCUT2D eigenvalue weighted by atomic mass is 10.0. The van der Waals surface area contributed by atoms with Gasteiger partial charge in [0.25, 0.3) is 0 Å². The second-order valence-electron chi connectivity index (χ2n) is 6.32. The number of methoxy groups -OCH3 is 1. The third kappa shape index (κ3) is 5.17. The molecule has 1 aromatic heterocycles. The van der Waals surface area contributed by atoms with Crippen LogP contribution in [0, 0.1) is 18.3 Å². The van der Waals surface area contributed by atoms with Gasteiger partial charge in [-0.1, -0.05) is 13.3 Å². The molecule has 6 heteroatoms. The minimum absolute atomic E-state index is 0. The van der Waals surface area contributed by atoms with E-state index in [-0.39, 0.29) is 1.43 Å². The molecule has 1 aromatic carbocycles. The molecule has 0 spiro atoms. The molecule has 0 amide bonds. The summed E-state index contributed by atoms with van der Waals surface area (Å²) >= 11 is 0. The fraction of sp³-hybridized carbons (Fsp3) is 0.450. The van der Waals surface area contributed by atoms with Crippen LogP contribution in [0.5, 0.6) is 5.75 Å². The zero-order chi connectivity index (χ0) is 18.9. The highest BCUT2D eigenvalue weighted by Gasteiger charge is 2.11. The van der Waals surface area contributed by atoms with Crippen LogP contribution >= 0.6 is 0 Å². The van der Waals surface area contributed by atoms with Crippen molar-refractivity contribution in [3.63, 3.8) is 0 Å². The van der Waals surface area contributed by atoms with E-state index in [4.69, 9.17) is 15.7 Å². The molecular formula is C20H29N5O. The molecule has 140 valence electrons. The zero-order valence-electron chi connectivity index (χ0n) is 15.8. The minimum Gasteiger partial charge on any atom is -0.496 e. The largest absolute Gasteiger partial charge is 0.496 e. The number of nitriles is 1. The molecule has 6 nitrogen and oxygen atoms in total. The van der Waals surface area contributed by atoms with E-state index in [1.54, 1.807) is 31.4 Å². The van der Waals surface area contributed by atoms with Crippen molar-refractivity contribution in [2.75, 3.05) is 32.5 Å². The summed E-state index contributed by atoms with van der Waals surface area (Å²) in [7, 11) is 1.56. The maximum Gasteiger partial charge on any atom is 0.146 e. The lowest BCUT2D eigenvalue weighted by Gasteiger charge is -2.24. The van der Waals surface area contributed by atoms with Crippen LogP contribution in [0.1, 0.15) is 38.7 Å². The number of anilines is 1. The number of hydrogen-bond acceptors (Lipinski definition) is 6. The fourth-order valence-electron chi connectivity index (χ4n) is 3.00. The third-order valence-corrected chi connectivity index (χ3v) is 4.49. The normalized spacial score (nSPS) is 14.1. The predicted octanol–water partition coefficient (Wildman–Crippen LogP) is 3.65. The Morgan fingerprint density at radius 1 is 1.23 bits per heavy atom. The molecule has 3 rings (SSSR count). The first-order valence-electron chi connectivity index (χ1n) is 8.99. The maximum atomic E-state index is 8.86. The van der Waals surface area contributed by atoms with Crippen molar-refractivity contribution in [3.05, 3.63) is 35.4 Å². The predicted molar refractivity (Wildman–Crippen MR) is 106 cm³/mol. The Balaban J connectivity index is 0.000000342. The second kappa shape index (κ2) is 9.73. The van der Waals surface area contributed by atoms with E-state index >= 15 is 0 Å². The van der Waals surface area contributed by atoms with Gasteiger partial charge in [-0.3, -0.25) is 0 Å². The smallest absolute Gasteiger partial charge is 0.146 e. The molecule has 2 aromatic rings. The molecule has 1 aliphatic heterocycles. The van der Waals surface area contributed by atoms with Gasteiger partial charge in [0.15, 0.2) is 0 Å². The number of likely N-dealkylation sites (tertiary alicyclic amines) is 1. The van der Waals surface area contributed by atoms with Crippen LogP contribution in [0.3, 0.4) is 0 Å². The monoisotopic (exact) mass is 355 g/mol. The molecule has 0 saturated carbocycles. The van der Waals surface area contributed by atoms with Gasteiger partial charge in [-0.05, 0) is 69.2 Å². The van der Waals surface area contributed by atoms with Gasteiger partial charge in [-0.2, -0.15) is 5.26 Å². The summed E-state index contributed by atoms with van der Waals surface area (Å²) in [5.74, 6) is 0.972. The van der Waals surface area contributed by atoms with Gasteiger partial charge in [0.1, 0.15) is 11.6 Å². The first-order chi connectivity index (χ1) is 12.6. The van der Waals surface area contributed by atoms with Crippen molar-refractivity contribution < 1.29 is 6.16 Å². The number of nitrogen functional groups attached to an aromatic ring is 1. The van der Waals surface area contributed by atoms with Gasteiger partial charge in [0.2, 0.25) is 0 Å². The molecule has 0 aliphatic carbocycles. The highest BCUT2D eigenvalue weighted by Crippen LogP contribution is 2.31. The van der Waals surface area contributed by atoms with Gasteiger partial charge >= 0.3 is 0 Å². The lowest BCUT2D eigenvalue weighted by Crippen LogP contribution is -2.29. The topological polar surface area (TPSA) is 88.1 Å². The average molecular weight is 355 g/mol. The van der Waals surface area contributed by atoms with Crippen molar-refractivity contribution in [2.24, 2.45) is 0 Å². The highest BCUT2D eigenvalue weighted by molar-refractivity contribution is 5.71. The van der Waals surface area contributed by atoms with Crippen molar-refractivity contribution in [1.82, 2.24) is 15.1 Å². The standard InChI is InChI=1S/C13H12N4O.C7H15N.H2/c1-8-5-12(15)16-17-13(8)10-4-3-9(7-14)6-11(10)18-2;1-2-8-6-4-3-5-7-8;/h3-6H,1-2H3,(H2,15,16);2-7H2,1H3;1H. The third-order valence-electron chi connectivity index (χ3n) is 4.49. The van der Waals surface area contributed by atoms with Gasteiger partial charge in [0.05, 0.1) is 24.4 Å². The van der Waals surface area contributed by atoms with Crippen LogP contribution in [0.15, 0.2) is 24.3 Å². The Kier molecular flexibility index (Phi) is 7.37. The molecule has 1 aliphatic rings. The summed E-state index contributed by atoms with van der Waals surface area (Å²) in [4.78, 5) is 2.52. The van der Waals surface area contributed by atoms with E-state index in [0.29, 0.717) is 22.8 Å². The van der Waals surface area contributed by atoms with E-state index in [2.05, 4.69) is 28.1 Å². The number of benzene rings is 1. The molecule has 0 unspecified atom stereocenters. The summed E-state index contributed by atoms with van der Waals surface area (Å²) in [6, 6.07) is 9.01. The maximum absolute atomic E-state index is 8.86. The minimum atomic E-state index is 0. The summed E-state index contributed by atoms with van der Waals surface area (Å²) in [5.41, 5.74) is 8.51. The Morgan fingerprint density at radius 3 is 2.50 bits per heavy atom. The Morgan fingerprint density at radius 2 is 1.96 bits per heavy atom. The van der Waals surface area contributed by atoms with Crippen molar-refractivity contribution in [2.45, 2.75) is 33.1 Å². The van der Waals surface area contributed by atoms with Crippen LogP contribution in [0.25, 0.3) is 11.3 Å². The van der Waals surface area contributed by atoms with E-state index in [9.17, 15) is 0 Å². The number of aryl methyl sites for hydroxylation is 1. The van der Waals surface area contributed by atoms with Crippen LogP contribution in [0.2, 0.25) is 0 Å². The van der Waals surface area contributed by atoms with E-state index in [0.717, 1.165) is 11.1 Å². The first kappa shape index (κ1) is 19.7.